The molecule has 0 aliphatic carbocycles. The van der Waals surface area contributed by atoms with Crippen molar-refractivity contribution in [1.82, 2.24) is 0 Å². The zero-order valence-electron chi connectivity index (χ0n) is 8.97. The smallest absolute Gasteiger partial charge is 0.311 e. The summed E-state index contributed by atoms with van der Waals surface area (Å²) in [4.78, 5) is 12.3. The molecule has 84 valence electrons. The Morgan fingerprint density at radius 1 is 1.60 bits per heavy atom. The number of ether oxygens (including phenoxy) is 1. The Kier molecular flexibility index (Phi) is 4.78. The van der Waals surface area contributed by atoms with Gasteiger partial charge < -0.3 is 9.84 Å². The van der Waals surface area contributed by atoms with Gasteiger partial charge in [0, 0.05) is 4.88 Å². The van der Waals surface area contributed by atoms with Gasteiger partial charge in [-0.05, 0) is 24.8 Å². The van der Waals surface area contributed by atoms with Gasteiger partial charge in [-0.15, -0.1) is 11.3 Å². The van der Waals surface area contributed by atoms with E-state index in [4.69, 9.17) is 4.74 Å². The fraction of sp³-hybridized carbons (Fsp3) is 0.545. The summed E-state index contributed by atoms with van der Waals surface area (Å²) in [5.74, 6) is -0.774. The molecule has 1 rings (SSSR count). The van der Waals surface area contributed by atoms with E-state index in [1.807, 2.05) is 24.4 Å². The van der Waals surface area contributed by atoms with Crippen molar-refractivity contribution in [1.29, 1.82) is 0 Å². The van der Waals surface area contributed by atoms with Crippen LogP contribution in [-0.4, -0.2) is 17.7 Å². The molecular weight excluding hydrogens is 212 g/mol. The number of thiophene rings is 1. The van der Waals surface area contributed by atoms with Crippen LogP contribution in [0.2, 0.25) is 0 Å². The summed E-state index contributed by atoms with van der Waals surface area (Å²) in [7, 11) is 0. The molecule has 0 amide bonds. The van der Waals surface area contributed by atoms with E-state index in [0.717, 1.165) is 4.88 Å². The van der Waals surface area contributed by atoms with E-state index in [-0.39, 0.29) is 5.97 Å². The standard InChI is InChI=1S/C11H16O3S/c1-3-8(11(13)14-4-2)10(12)9-6-5-7-15-9/h5-8,10,12H,3-4H2,1-2H3. The Bertz CT molecular complexity index is 295. The number of hydrogen-bond acceptors (Lipinski definition) is 4. The molecule has 4 heteroatoms. The number of carbonyl (C=O) groups is 1. The highest BCUT2D eigenvalue weighted by Gasteiger charge is 2.28. The summed E-state index contributed by atoms with van der Waals surface area (Å²) in [6, 6.07) is 3.69. The molecule has 1 aromatic rings. The predicted molar refractivity (Wildman–Crippen MR) is 59.7 cm³/mol. The van der Waals surface area contributed by atoms with Crippen LogP contribution < -0.4 is 0 Å². The molecule has 0 saturated carbocycles. The number of aliphatic hydroxyl groups is 1. The number of aliphatic hydroxyl groups excluding tert-OH is 1. The van der Waals surface area contributed by atoms with E-state index >= 15 is 0 Å². The lowest BCUT2D eigenvalue weighted by molar-refractivity contribution is -0.152. The highest BCUT2D eigenvalue weighted by Crippen LogP contribution is 2.28. The minimum Gasteiger partial charge on any atom is -0.466 e. The summed E-state index contributed by atoms with van der Waals surface area (Å²) < 4.78 is 4.92. The minimum atomic E-state index is -0.742. The van der Waals surface area contributed by atoms with Gasteiger partial charge in [0.25, 0.3) is 0 Å². The molecule has 0 saturated heterocycles. The van der Waals surface area contributed by atoms with E-state index in [9.17, 15) is 9.90 Å². The molecule has 0 aromatic carbocycles. The van der Waals surface area contributed by atoms with Gasteiger partial charge in [-0.2, -0.15) is 0 Å². The van der Waals surface area contributed by atoms with E-state index in [1.165, 1.54) is 11.3 Å². The van der Waals surface area contributed by atoms with Crippen molar-refractivity contribution < 1.29 is 14.6 Å². The molecule has 0 radical (unpaired) electrons. The molecule has 1 N–H and O–H groups in total. The van der Waals surface area contributed by atoms with Gasteiger partial charge >= 0.3 is 5.97 Å². The zero-order valence-corrected chi connectivity index (χ0v) is 9.79. The second kappa shape index (κ2) is 5.88. The Labute approximate surface area is 93.7 Å². The van der Waals surface area contributed by atoms with Gasteiger partial charge in [0.2, 0.25) is 0 Å². The highest BCUT2D eigenvalue weighted by molar-refractivity contribution is 7.10. The second-order valence-electron chi connectivity index (χ2n) is 3.23. The van der Waals surface area contributed by atoms with Gasteiger partial charge in [0.1, 0.15) is 6.10 Å². The third-order valence-electron chi connectivity index (χ3n) is 2.24. The summed E-state index contributed by atoms with van der Waals surface area (Å²) >= 11 is 1.45. The van der Waals surface area contributed by atoms with Crippen LogP contribution in [-0.2, 0) is 9.53 Å². The van der Waals surface area contributed by atoms with Crippen LogP contribution in [0, 0.1) is 5.92 Å². The lowest BCUT2D eigenvalue weighted by atomic mass is 9.98. The molecular formula is C11H16O3S. The number of rotatable bonds is 5. The van der Waals surface area contributed by atoms with Crippen LogP contribution in [0.3, 0.4) is 0 Å². The van der Waals surface area contributed by atoms with E-state index in [2.05, 4.69) is 0 Å². The molecule has 0 fully saturated rings. The number of hydrogen-bond donors (Lipinski definition) is 1. The van der Waals surface area contributed by atoms with Crippen molar-refractivity contribution in [3.63, 3.8) is 0 Å². The molecule has 1 aromatic heterocycles. The lowest BCUT2D eigenvalue weighted by Crippen LogP contribution is -2.23. The first-order valence-electron chi connectivity index (χ1n) is 5.08. The predicted octanol–water partition coefficient (Wildman–Crippen LogP) is 2.37. The minimum absolute atomic E-state index is 0.319. The Morgan fingerprint density at radius 3 is 2.80 bits per heavy atom. The highest BCUT2D eigenvalue weighted by atomic mass is 32.1. The Balaban J connectivity index is 2.70. The second-order valence-corrected chi connectivity index (χ2v) is 4.21. The van der Waals surface area contributed by atoms with Gasteiger partial charge in [0.05, 0.1) is 12.5 Å². The largest absolute Gasteiger partial charge is 0.466 e. The zero-order chi connectivity index (χ0) is 11.3. The van der Waals surface area contributed by atoms with Crippen molar-refractivity contribution in [3.8, 4) is 0 Å². The van der Waals surface area contributed by atoms with Crippen LogP contribution >= 0.6 is 11.3 Å². The molecule has 0 bridgehead atoms. The van der Waals surface area contributed by atoms with Crippen LogP contribution in [0.1, 0.15) is 31.2 Å². The molecule has 0 aliphatic heterocycles. The van der Waals surface area contributed by atoms with E-state index in [0.29, 0.717) is 13.0 Å². The average molecular weight is 228 g/mol. The monoisotopic (exact) mass is 228 g/mol. The van der Waals surface area contributed by atoms with Gasteiger partial charge in [-0.25, -0.2) is 0 Å². The maximum Gasteiger partial charge on any atom is 0.311 e. The molecule has 2 unspecified atom stereocenters. The first-order valence-corrected chi connectivity index (χ1v) is 5.96. The maximum absolute atomic E-state index is 11.5. The molecule has 0 spiro atoms. The van der Waals surface area contributed by atoms with Gasteiger partial charge in [-0.3, -0.25) is 4.79 Å². The molecule has 2 atom stereocenters. The van der Waals surface area contributed by atoms with E-state index < -0.39 is 12.0 Å². The topological polar surface area (TPSA) is 46.5 Å². The lowest BCUT2D eigenvalue weighted by Gasteiger charge is -2.18. The Hall–Kier alpha value is -0.870. The van der Waals surface area contributed by atoms with Crippen molar-refractivity contribution in [3.05, 3.63) is 22.4 Å². The van der Waals surface area contributed by atoms with Gasteiger partial charge in [-0.1, -0.05) is 13.0 Å². The fourth-order valence-corrected chi connectivity index (χ4v) is 2.20. The first kappa shape index (κ1) is 12.2. The van der Waals surface area contributed by atoms with Crippen molar-refractivity contribution in [2.45, 2.75) is 26.4 Å². The van der Waals surface area contributed by atoms with Crippen molar-refractivity contribution in [2.75, 3.05) is 6.61 Å². The first-order chi connectivity index (χ1) is 7.20. The molecule has 0 aliphatic rings. The summed E-state index contributed by atoms with van der Waals surface area (Å²) in [6.07, 6.45) is -0.160. The Morgan fingerprint density at radius 2 is 2.33 bits per heavy atom. The third-order valence-corrected chi connectivity index (χ3v) is 3.19. The average Bonchev–Trinajstić information content (AvgIpc) is 2.71. The van der Waals surface area contributed by atoms with Gasteiger partial charge in [0.15, 0.2) is 0 Å². The fourth-order valence-electron chi connectivity index (χ4n) is 1.43. The van der Waals surface area contributed by atoms with Crippen LogP contribution in [0.15, 0.2) is 17.5 Å². The number of esters is 1. The van der Waals surface area contributed by atoms with Crippen molar-refractivity contribution >= 4 is 17.3 Å². The third kappa shape index (κ3) is 3.04. The molecule has 15 heavy (non-hydrogen) atoms. The number of carbonyl (C=O) groups excluding carboxylic acids is 1. The quantitative estimate of drug-likeness (QED) is 0.787. The summed E-state index contributed by atoms with van der Waals surface area (Å²) in [6.45, 7) is 3.99. The van der Waals surface area contributed by atoms with Crippen LogP contribution in [0.4, 0.5) is 0 Å². The van der Waals surface area contributed by atoms with Crippen LogP contribution in [0.25, 0.3) is 0 Å². The summed E-state index contributed by atoms with van der Waals surface area (Å²) in [5, 5.41) is 11.9. The van der Waals surface area contributed by atoms with Crippen LogP contribution in [0.5, 0.6) is 0 Å². The summed E-state index contributed by atoms with van der Waals surface area (Å²) in [5.41, 5.74) is 0. The normalized spacial score (nSPS) is 14.6. The van der Waals surface area contributed by atoms with Crippen molar-refractivity contribution in [2.24, 2.45) is 5.92 Å². The molecule has 3 nitrogen and oxygen atoms in total. The molecule has 1 heterocycles. The van der Waals surface area contributed by atoms with E-state index in [1.54, 1.807) is 6.92 Å². The maximum atomic E-state index is 11.5. The SMILES string of the molecule is CCOC(=O)C(CC)C(O)c1cccs1.